The molecule has 6 nitrogen and oxygen atoms in total. The lowest BCUT2D eigenvalue weighted by Crippen LogP contribution is -2.31. The monoisotopic (exact) mass is 422 g/mol. The molecule has 0 heterocycles. The van der Waals surface area contributed by atoms with E-state index in [1.807, 2.05) is 0 Å². The van der Waals surface area contributed by atoms with Crippen LogP contribution in [0.3, 0.4) is 0 Å². The number of aryl methyl sites for hydroxylation is 1. The summed E-state index contributed by atoms with van der Waals surface area (Å²) in [4.78, 5) is 14.4. The van der Waals surface area contributed by atoms with Crippen molar-refractivity contribution in [2.45, 2.75) is 32.2 Å². The summed E-state index contributed by atoms with van der Waals surface area (Å²) in [7, 11) is -0.717. The smallest absolute Gasteiger partial charge is 0.253 e. The van der Waals surface area contributed by atoms with Gasteiger partial charge in [-0.1, -0.05) is 26.0 Å². The second-order valence-electron chi connectivity index (χ2n) is 6.70. The predicted molar refractivity (Wildman–Crippen MR) is 110 cm³/mol. The number of ether oxygens (including phenoxy) is 1. The summed E-state index contributed by atoms with van der Waals surface area (Å²) >= 11 is 0. The molecule has 0 aliphatic carbocycles. The fraction of sp³-hybridized carbons (Fsp3) is 0.381. The van der Waals surface area contributed by atoms with Gasteiger partial charge in [0.1, 0.15) is 0 Å². The maximum absolute atomic E-state index is 13.9. The number of halogens is 1. The molecule has 2 rings (SSSR count). The van der Waals surface area contributed by atoms with Crippen molar-refractivity contribution in [1.82, 2.24) is 9.21 Å². The number of sulfonamides is 1. The van der Waals surface area contributed by atoms with Crippen LogP contribution in [0.25, 0.3) is 0 Å². The highest BCUT2D eigenvalue weighted by Crippen LogP contribution is 2.23. The number of hydrogen-bond acceptors (Lipinski definition) is 4. The van der Waals surface area contributed by atoms with E-state index in [0.717, 1.165) is 0 Å². The van der Waals surface area contributed by atoms with E-state index in [1.165, 1.54) is 34.5 Å². The summed E-state index contributed by atoms with van der Waals surface area (Å²) in [5.74, 6) is -0.724. The van der Waals surface area contributed by atoms with E-state index >= 15 is 0 Å². The van der Waals surface area contributed by atoms with Crippen LogP contribution in [0.15, 0.2) is 41.3 Å². The Kier molecular flexibility index (Phi) is 7.37. The second kappa shape index (κ2) is 9.37. The number of amides is 1. The van der Waals surface area contributed by atoms with Gasteiger partial charge in [0.15, 0.2) is 11.6 Å². The fourth-order valence-corrected chi connectivity index (χ4v) is 4.80. The van der Waals surface area contributed by atoms with Gasteiger partial charge in [-0.3, -0.25) is 4.79 Å². The number of rotatable bonds is 8. The van der Waals surface area contributed by atoms with Gasteiger partial charge in [0.25, 0.3) is 5.91 Å². The molecule has 29 heavy (non-hydrogen) atoms. The summed E-state index contributed by atoms with van der Waals surface area (Å²) in [5.41, 5.74) is 1.44. The summed E-state index contributed by atoms with van der Waals surface area (Å²) in [6.07, 6.45) is 0. The molecule has 0 spiro atoms. The summed E-state index contributed by atoms with van der Waals surface area (Å²) in [6.45, 7) is 6.11. The minimum Gasteiger partial charge on any atom is -0.494 e. The summed E-state index contributed by atoms with van der Waals surface area (Å²) in [6, 6.07) is 9.14. The van der Waals surface area contributed by atoms with Crippen LogP contribution >= 0.6 is 0 Å². The molecule has 8 heteroatoms. The third-order valence-electron chi connectivity index (χ3n) is 4.74. The number of benzene rings is 2. The molecule has 1 amide bonds. The molecule has 2 aromatic rings. The molecular weight excluding hydrogens is 395 g/mol. The van der Waals surface area contributed by atoms with Crippen molar-refractivity contribution in [1.29, 1.82) is 0 Å². The summed E-state index contributed by atoms with van der Waals surface area (Å²) < 4.78 is 45.9. The first-order chi connectivity index (χ1) is 13.6. The van der Waals surface area contributed by atoms with Gasteiger partial charge >= 0.3 is 0 Å². The van der Waals surface area contributed by atoms with Crippen molar-refractivity contribution >= 4 is 15.9 Å². The normalized spacial score (nSPS) is 11.6. The first-order valence-electron chi connectivity index (χ1n) is 9.34. The fourth-order valence-electron chi connectivity index (χ4n) is 3.09. The second-order valence-corrected chi connectivity index (χ2v) is 8.61. The van der Waals surface area contributed by atoms with Gasteiger partial charge in [0, 0.05) is 32.2 Å². The third kappa shape index (κ3) is 4.94. The van der Waals surface area contributed by atoms with Gasteiger partial charge in [-0.15, -0.1) is 0 Å². The van der Waals surface area contributed by atoms with Gasteiger partial charge in [-0.05, 0) is 42.3 Å². The molecule has 0 atom stereocenters. The molecular formula is C21H27FN2O4S. The van der Waals surface area contributed by atoms with Crippen LogP contribution in [-0.4, -0.2) is 50.8 Å². The molecule has 0 saturated carbocycles. The zero-order chi connectivity index (χ0) is 21.8. The summed E-state index contributed by atoms with van der Waals surface area (Å²) in [5, 5.41) is 0. The lowest BCUT2D eigenvalue weighted by atomic mass is 10.1. The molecule has 0 unspecified atom stereocenters. The first-order valence-corrected chi connectivity index (χ1v) is 10.8. The quantitative estimate of drug-likeness (QED) is 0.654. The van der Waals surface area contributed by atoms with Crippen LogP contribution < -0.4 is 4.74 Å². The maximum atomic E-state index is 13.9. The van der Waals surface area contributed by atoms with Crippen molar-refractivity contribution in [3.05, 3.63) is 58.9 Å². The Hall–Kier alpha value is -2.45. The van der Waals surface area contributed by atoms with E-state index in [-0.39, 0.29) is 28.7 Å². The van der Waals surface area contributed by atoms with E-state index in [4.69, 9.17) is 4.74 Å². The number of hydrogen-bond donors (Lipinski definition) is 0. The molecule has 0 saturated heterocycles. The van der Waals surface area contributed by atoms with Gasteiger partial charge in [-0.2, -0.15) is 4.31 Å². The molecule has 0 aliphatic rings. The highest BCUT2D eigenvalue weighted by molar-refractivity contribution is 7.89. The van der Waals surface area contributed by atoms with Crippen LogP contribution in [0.1, 0.15) is 35.3 Å². The molecule has 0 fully saturated rings. The predicted octanol–water partition coefficient (Wildman–Crippen LogP) is 3.45. The van der Waals surface area contributed by atoms with Crippen LogP contribution in [0.5, 0.6) is 5.75 Å². The van der Waals surface area contributed by atoms with Gasteiger partial charge in [-0.25, -0.2) is 12.8 Å². The Labute approximate surface area is 171 Å². The number of methoxy groups -OCH3 is 1. The lowest BCUT2D eigenvalue weighted by molar-refractivity contribution is 0.0784. The Morgan fingerprint density at radius 1 is 1.10 bits per heavy atom. The Morgan fingerprint density at radius 3 is 2.31 bits per heavy atom. The van der Waals surface area contributed by atoms with E-state index in [0.29, 0.717) is 24.2 Å². The Morgan fingerprint density at radius 2 is 1.76 bits per heavy atom. The van der Waals surface area contributed by atoms with Crippen molar-refractivity contribution in [3.8, 4) is 5.75 Å². The van der Waals surface area contributed by atoms with Crippen molar-refractivity contribution in [2.24, 2.45) is 0 Å². The lowest BCUT2D eigenvalue weighted by Gasteiger charge is -2.21. The molecule has 0 aliphatic heterocycles. The molecule has 158 valence electrons. The average molecular weight is 423 g/mol. The van der Waals surface area contributed by atoms with Gasteiger partial charge in [0.05, 0.1) is 12.0 Å². The zero-order valence-corrected chi connectivity index (χ0v) is 18.2. The molecule has 0 N–H and O–H groups in total. The first kappa shape index (κ1) is 22.8. The highest BCUT2D eigenvalue weighted by Gasteiger charge is 2.25. The zero-order valence-electron chi connectivity index (χ0n) is 17.4. The average Bonchev–Trinajstić information content (AvgIpc) is 2.68. The molecule has 0 bridgehead atoms. The SMILES string of the molecule is CCN(CC)S(=O)(=O)c1cc(C(=O)N(C)Cc2ccc(OC)c(F)c2)ccc1C. The Balaban J connectivity index is 2.30. The van der Waals surface area contributed by atoms with Crippen LogP contribution in [-0.2, 0) is 16.6 Å². The Bertz CT molecular complexity index is 988. The van der Waals surface area contributed by atoms with Crippen LogP contribution in [0.4, 0.5) is 4.39 Å². The van der Waals surface area contributed by atoms with Crippen molar-refractivity contribution in [2.75, 3.05) is 27.2 Å². The molecule has 0 radical (unpaired) electrons. The number of carbonyl (C=O) groups excluding carboxylic acids is 1. The largest absolute Gasteiger partial charge is 0.494 e. The molecule has 2 aromatic carbocycles. The number of nitrogens with zero attached hydrogens (tertiary/aromatic N) is 2. The topological polar surface area (TPSA) is 66.9 Å². The van der Waals surface area contributed by atoms with Gasteiger partial charge in [0.2, 0.25) is 10.0 Å². The van der Waals surface area contributed by atoms with Gasteiger partial charge < -0.3 is 9.64 Å². The van der Waals surface area contributed by atoms with E-state index in [9.17, 15) is 17.6 Å². The van der Waals surface area contributed by atoms with E-state index < -0.39 is 15.8 Å². The highest BCUT2D eigenvalue weighted by atomic mass is 32.2. The van der Waals surface area contributed by atoms with E-state index in [1.54, 1.807) is 46.0 Å². The molecule has 0 aromatic heterocycles. The number of carbonyl (C=O) groups is 1. The minimum atomic E-state index is -3.69. The van der Waals surface area contributed by atoms with Crippen LogP contribution in [0.2, 0.25) is 0 Å². The maximum Gasteiger partial charge on any atom is 0.253 e. The minimum absolute atomic E-state index is 0.121. The van der Waals surface area contributed by atoms with E-state index in [2.05, 4.69) is 0 Å². The third-order valence-corrected chi connectivity index (χ3v) is 6.93. The van der Waals surface area contributed by atoms with Crippen LogP contribution in [0, 0.1) is 12.7 Å². The standard InChI is InChI=1S/C21H27FN2O4S/c1-6-24(7-2)29(26,27)20-13-17(10-8-15(20)3)21(25)23(4)14-16-9-11-19(28-5)18(22)12-16/h8-13H,6-7,14H2,1-5H3. The van der Waals surface area contributed by atoms with Crippen molar-refractivity contribution in [3.63, 3.8) is 0 Å². The van der Waals surface area contributed by atoms with Crippen molar-refractivity contribution < 1.29 is 22.3 Å².